The molecule has 1 fully saturated rings. The van der Waals surface area contributed by atoms with Gasteiger partial charge in [-0.25, -0.2) is 0 Å². The Bertz CT molecular complexity index is 921. The lowest BCUT2D eigenvalue weighted by Crippen LogP contribution is -2.38. The molecule has 1 aliphatic rings. The van der Waals surface area contributed by atoms with Gasteiger partial charge in [-0.1, -0.05) is 48.8 Å². The first-order chi connectivity index (χ1) is 14.8. The molecule has 1 saturated heterocycles. The molecule has 166 valence electrons. The van der Waals surface area contributed by atoms with Crippen molar-refractivity contribution in [3.8, 4) is 5.75 Å². The number of hydrogen-bond donors (Lipinski definition) is 1. The summed E-state index contributed by atoms with van der Waals surface area (Å²) in [6, 6.07) is 12.6. The summed E-state index contributed by atoms with van der Waals surface area (Å²) in [6.45, 7) is 8.53. The maximum absolute atomic E-state index is 13.1. The number of likely N-dealkylation sites (tertiary alicyclic amines) is 1. The van der Waals surface area contributed by atoms with Crippen LogP contribution in [-0.4, -0.2) is 36.4 Å². The summed E-state index contributed by atoms with van der Waals surface area (Å²) in [5.41, 5.74) is 1.47. The van der Waals surface area contributed by atoms with Gasteiger partial charge in [-0.2, -0.15) is 0 Å². The van der Waals surface area contributed by atoms with E-state index in [1.807, 2.05) is 23.1 Å². The summed E-state index contributed by atoms with van der Waals surface area (Å²) >= 11 is 3.44. The van der Waals surface area contributed by atoms with Gasteiger partial charge in [0, 0.05) is 17.6 Å². The van der Waals surface area contributed by atoms with E-state index in [0.717, 1.165) is 36.8 Å². The normalized spacial score (nSPS) is 14.5. The molecule has 31 heavy (non-hydrogen) atoms. The number of halogens is 1. The number of ether oxygens (including phenoxy) is 1. The van der Waals surface area contributed by atoms with E-state index in [1.165, 1.54) is 0 Å². The van der Waals surface area contributed by atoms with Crippen LogP contribution in [0.3, 0.4) is 0 Å². The van der Waals surface area contributed by atoms with Gasteiger partial charge >= 0.3 is 0 Å². The largest absolute Gasteiger partial charge is 0.493 e. The molecular weight excluding hydrogens is 456 g/mol. The van der Waals surface area contributed by atoms with E-state index in [4.69, 9.17) is 4.74 Å². The van der Waals surface area contributed by atoms with Crippen LogP contribution in [0.1, 0.15) is 60.7 Å². The number of piperidine rings is 1. The smallest absolute Gasteiger partial charge is 0.259 e. The fourth-order valence-corrected chi connectivity index (χ4v) is 3.92. The third kappa shape index (κ3) is 6.33. The van der Waals surface area contributed by atoms with E-state index in [9.17, 15) is 9.59 Å². The molecule has 6 heteroatoms. The van der Waals surface area contributed by atoms with Crippen LogP contribution in [0.25, 0.3) is 0 Å². The molecule has 3 rings (SSSR count). The summed E-state index contributed by atoms with van der Waals surface area (Å²) in [5.74, 6) is 1.36. The fraction of sp³-hybridized carbons (Fsp3) is 0.440. The van der Waals surface area contributed by atoms with Gasteiger partial charge in [-0.05, 0) is 61.4 Å². The molecule has 2 aromatic rings. The fourth-order valence-electron chi connectivity index (χ4n) is 3.56. The second-order valence-corrected chi connectivity index (χ2v) is 9.56. The van der Waals surface area contributed by atoms with Crippen molar-refractivity contribution in [1.82, 2.24) is 4.90 Å². The Balaban J connectivity index is 1.78. The monoisotopic (exact) mass is 486 g/mol. The van der Waals surface area contributed by atoms with Crippen LogP contribution in [0.4, 0.5) is 5.69 Å². The number of amides is 2. The van der Waals surface area contributed by atoms with Gasteiger partial charge in [0.1, 0.15) is 5.75 Å². The van der Waals surface area contributed by atoms with E-state index in [1.54, 1.807) is 24.3 Å². The maximum Gasteiger partial charge on any atom is 0.259 e. The molecule has 0 radical (unpaired) electrons. The number of anilines is 1. The molecule has 0 aliphatic carbocycles. The zero-order valence-corrected chi connectivity index (χ0v) is 20.1. The van der Waals surface area contributed by atoms with E-state index in [-0.39, 0.29) is 11.8 Å². The Morgan fingerprint density at radius 1 is 1.13 bits per heavy atom. The summed E-state index contributed by atoms with van der Waals surface area (Å²) in [4.78, 5) is 28.1. The molecule has 1 heterocycles. The Morgan fingerprint density at radius 2 is 1.84 bits per heavy atom. The van der Waals surface area contributed by atoms with Crippen molar-refractivity contribution >= 4 is 33.4 Å². The van der Waals surface area contributed by atoms with Gasteiger partial charge < -0.3 is 15.0 Å². The predicted molar refractivity (Wildman–Crippen MR) is 128 cm³/mol. The summed E-state index contributed by atoms with van der Waals surface area (Å²) in [5, 5.41) is 2.94. The number of carbonyl (C=O) groups is 2. The Kier molecular flexibility index (Phi) is 8.13. The van der Waals surface area contributed by atoms with Crippen molar-refractivity contribution in [3.05, 3.63) is 58.1 Å². The molecule has 1 aliphatic heterocycles. The third-order valence-electron chi connectivity index (χ3n) is 5.62. The number of hydrogen-bond acceptors (Lipinski definition) is 3. The lowest BCUT2D eigenvalue weighted by Gasteiger charge is -2.30. The molecule has 0 saturated carbocycles. The predicted octanol–water partition coefficient (Wildman–Crippen LogP) is 6.00. The molecular formula is C25H31BrN2O3. The summed E-state index contributed by atoms with van der Waals surface area (Å²) in [7, 11) is 0. The van der Waals surface area contributed by atoms with Crippen molar-refractivity contribution in [1.29, 1.82) is 0 Å². The van der Waals surface area contributed by atoms with Crippen molar-refractivity contribution in [3.63, 3.8) is 0 Å². The molecule has 0 aromatic heterocycles. The molecule has 2 amide bonds. The zero-order chi connectivity index (χ0) is 22.4. The van der Waals surface area contributed by atoms with E-state index in [2.05, 4.69) is 42.0 Å². The summed E-state index contributed by atoms with van der Waals surface area (Å²) < 4.78 is 6.68. The van der Waals surface area contributed by atoms with Crippen LogP contribution in [0.2, 0.25) is 0 Å². The van der Waals surface area contributed by atoms with Gasteiger partial charge in [-0.15, -0.1) is 0 Å². The SMILES string of the molecule is CC(C)CCOc1ccc(Br)cc1C(=O)Nc1ccccc1C(=O)N1CCC(C)CC1. The summed E-state index contributed by atoms with van der Waals surface area (Å²) in [6.07, 6.45) is 2.92. The van der Waals surface area contributed by atoms with Crippen molar-refractivity contribution in [2.45, 2.75) is 40.0 Å². The first kappa shape index (κ1) is 23.3. The second kappa shape index (κ2) is 10.8. The van der Waals surface area contributed by atoms with Crippen LogP contribution >= 0.6 is 15.9 Å². The number of benzene rings is 2. The third-order valence-corrected chi connectivity index (χ3v) is 6.11. The van der Waals surface area contributed by atoms with Crippen LogP contribution in [-0.2, 0) is 0 Å². The van der Waals surface area contributed by atoms with Gasteiger partial charge in [-0.3, -0.25) is 9.59 Å². The van der Waals surface area contributed by atoms with Crippen molar-refractivity contribution < 1.29 is 14.3 Å². The van der Waals surface area contributed by atoms with E-state index >= 15 is 0 Å². The topological polar surface area (TPSA) is 58.6 Å². The number of para-hydroxylation sites is 1. The van der Waals surface area contributed by atoms with E-state index in [0.29, 0.717) is 41.0 Å². The average Bonchev–Trinajstić information content (AvgIpc) is 2.75. The highest BCUT2D eigenvalue weighted by Gasteiger charge is 2.24. The van der Waals surface area contributed by atoms with E-state index < -0.39 is 0 Å². The van der Waals surface area contributed by atoms with Gasteiger partial charge in [0.2, 0.25) is 0 Å². The minimum atomic E-state index is -0.298. The first-order valence-corrected chi connectivity index (χ1v) is 11.8. The van der Waals surface area contributed by atoms with Crippen LogP contribution in [0.15, 0.2) is 46.9 Å². The molecule has 0 unspecified atom stereocenters. The Hall–Kier alpha value is -2.34. The standard InChI is InChI=1S/C25H31BrN2O3/c1-17(2)12-15-31-23-9-8-19(26)16-21(23)24(29)27-22-7-5-4-6-20(22)25(30)28-13-10-18(3)11-14-28/h4-9,16-18H,10-15H2,1-3H3,(H,27,29). The highest BCUT2D eigenvalue weighted by atomic mass is 79.9. The number of nitrogens with zero attached hydrogens (tertiary/aromatic N) is 1. The molecule has 0 bridgehead atoms. The minimum absolute atomic E-state index is 0.0366. The highest BCUT2D eigenvalue weighted by Crippen LogP contribution is 2.27. The van der Waals surface area contributed by atoms with Crippen molar-refractivity contribution in [2.24, 2.45) is 11.8 Å². The lowest BCUT2D eigenvalue weighted by molar-refractivity contribution is 0.0698. The Labute approximate surface area is 193 Å². The number of nitrogens with one attached hydrogen (secondary N) is 1. The molecule has 0 spiro atoms. The molecule has 1 N–H and O–H groups in total. The number of rotatable bonds is 7. The van der Waals surface area contributed by atoms with Crippen LogP contribution in [0, 0.1) is 11.8 Å². The zero-order valence-electron chi connectivity index (χ0n) is 18.5. The number of carbonyl (C=O) groups excluding carboxylic acids is 2. The van der Waals surface area contributed by atoms with Gasteiger partial charge in [0.25, 0.3) is 11.8 Å². The van der Waals surface area contributed by atoms with Crippen LogP contribution < -0.4 is 10.1 Å². The maximum atomic E-state index is 13.1. The molecule has 5 nitrogen and oxygen atoms in total. The quantitative estimate of drug-likeness (QED) is 0.521. The second-order valence-electron chi connectivity index (χ2n) is 8.65. The Morgan fingerprint density at radius 3 is 2.55 bits per heavy atom. The molecule has 0 atom stereocenters. The first-order valence-electron chi connectivity index (χ1n) is 11.0. The average molecular weight is 487 g/mol. The highest BCUT2D eigenvalue weighted by molar-refractivity contribution is 9.10. The minimum Gasteiger partial charge on any atom is -0.493 e. The van der Waals surface area contributed by atoms with Gasteiger partial charge in [0.15, 0.2) is 0 Å². The van der Waals surface area contributed by atoms with Gasteiger partial charge in [0.05, 0.1) is 23.4 Å². The molecule has 2 aromatic carbocycles. The lowest BCUT2D eigenvalue weighted by atomic mass is 9.98. The van der Waals surface area contributed by atoms with Crippen molar-refractivity contribution in [2.75, 3.05) is 25.0 Å². The van der Waals surface area contributed by atoms with Crippen LogP contribution in [0.5, 0.6) is 5.75 Å².